The van der Waals surface area contributed by atoms with Crippen LogP contribution < -0.4 is 0 Å². The molecule has 0 radical (unpaired) electrons. The number of carbonyl (C=O) groups is 4. The van der Waals surface area contributed by atoms with Gasteiger partial charge in [0.2, 0.25) is 0 Å². The van der Waals surface area contributed by atoms with Crippen LogP contribution in [0.25, 0.3) is 0 Å². The molecule has 0 aliphatic heterocycles. The Kier molecular flexibility index (Phi) is 71.2. The van der Waals surface area contributed by atoms with Crippen molar-refractivity contribution in [1.82, 2.24) is 0 Å². The molecule has 0 aromatic carbocycles. The Morgan fingerprint density at radius 2 is 0.510 bits per heavy atom. The minimum atomic E-state index is -4.96. The molecule has 6 atom stereocenters. The van der Waals surface area contributed by atoms with Crippen molar-refractivity contribution in [2.75, 3.05) is 39.6 Å². The Morgan fingerprint density at radius 1 is 0.290 bits per heavy atom. The maximum atomic E-state index is 13.1. The Bertz CT molecular complexity index is 1930. The number of phosphoric ester groups is 2. The fraction of sp³-hybridized carbons (Fsp3) is 0.951. The van der Waals surface area contributed by atoms with Gasteiger partial charge in [-0.25, -0.2) is 9.13 Å². The topological polar surface area (TPSA) is 237 Å². The summed E-state index contributed by atoms with van der Waals surface area (Å²) in [5, 5.41) is 10.6. The fourth-order valence-corrected chi connectivity index (χ4v) is 14.1. The summed E-state index contributed by atoms with van der Waals surface area (Å²) in [6.45, 7) is 9.63. The minimum Gasteiger partial charge on any atom is -0.462 e. The van der Waals surface area contributed by atoms with E-state index in [1.165, 1.54) is 244 Å². The molecule has 100 heavy (non-hydrogen) atoms. The first-order valence-corrected chi connectivity index (χ1v) is 45.0. The van der Waals surface area contributed by atoms with Crippen molar-refractivity contribution < 1.29 is 80.2 Å². The molecule has 0 aliphatic carbocycles. The van der Waals surface area contributed by atoms with Gasteiger partial charge in [-0.2, -0.15) is 0 Å². The summed E-state index contributed by atoms with van der Waals surface area (Å²) >= 11 is 0. The van der Waals surface area contributed by atoms with Crippen molar-refractivity contribution in [2.24, 2.45) is 11.8 Å². The second-order valence-corrected chi connectivity index (χ2v) is 32.8. The van der Waals surface area contributed by atoms with E-state index in [0.717, 1.165) is 102 Å². The molecule has 0 aromatic rings. The fourth-order valence-electron chi connectivity index (χ4n) is 12.5. The van der Waals surface area contributed by atoms with Gasteiger partial charge in [-0.3, -0.25) is 37.3 Å². The van der Waals surface area contributed by atoms with Crippen molar-refractivity contribution in [1.29, 1.82) is 0 Å². The van der Waals surface area contributed by atoms with E-state index in [4.69, 9.17) is 37.0 Å². The number of esters is 4. The third-order valence-corrected chi connectivity index (χ3v) is 21.2. The lowest BCUT2D eigenvalue weighted by atomic mass is 9.99. The number of carbonyl (C=O) groups excluding carboxylic acids is 4. The van der Waals surface area contributed by atoms with Crippen LogP contribution in [0.3, 0.4) is 0 Å². The van der Waals surface area contributed by atoms with Crippen LogP contribution in [0.5, 0.6) is 0 Å². The lowest BCUT2D eigenvalue weighted by molar-refractivity contribution is -0.161. The van der Waals surface area contributed by atoms with Gasteiger partial charge in [0.1, 0.15) is 19.3 Å². The van der Waals surface area contributed by atoms with Crippen LogP contribution in [0, 0.1) is 11.8 Å². The van der Waals surface area contributed by atoms with Gasteiger partial charge in [0.05, 0.1) is 26.4 Å². The summed E-state index contributed by atoms with van der Waals surface area (Å²) in [6.07, 6.45) is 62.5. The molecule has 0 aliphatic rings. The summed E-state index contributed by atoms with van der Waals surface area (Å²) in [7, 11) is -9.92. The number of aliphatic hydroxyl groups is 1. The molecule has 0 aromatic heterocycles. The Morgan fingerprint density at radius 3 is 0.760 bits per heavy atom. The van der Waals surface area contributed by atoms with E-state index < -0.39 is 97.5 Å². The zero-order valence-corrected chi connectivity index (χ0v) is 67.3. The SMILES string of the molecule is CCCCCCCCCCCCCCCCCCCCCCCC(=O)O[C@H](COC(=O)CCCCCCCCCCCCCCCCC(C)CC)COP(=O)(O)OC[C@@H](O)COP(=O)(O)OC[C@@H](COC(=O)CCCCCCCCCCCC)OC(=O)CCCCCCCCCCC(C)C. The van der Waals surface area contributed by atoms with E-state index in [-0.39, 0.29) is 25.7 Å². The molecule has 17 nitrogen and oxygen atoms in total. The predicted octanol–water partition coefficient (Wildman–Crippen LogP) is 24.3. The van der Waals surface area contributed by atoms with Crippen molar-refractivity contribution in [3.63, 3.8) is 0 Å². The molecular formula is C81H158O17P2. The molecule has 0 fully saturated rings. The normalized spacial score (nSPS) is 14.2. The van der Waals surface area contributed by atoms with Crippen molar-refractivity contribution in [2.45, 2.75) is 445 Å². The highest BCUT2D eigenvalue weighted by molar-refractivity contribution is 7.47. The van der Waals surface area contributed by atoms with Crippen LogP contribution in [0.4, 0.5) is 0 Å². The molecule has 0 saturated carbocycles. The third-order valence-electron chi connectivity index (χ3n) is 19.3. The third kappa shape index (κ3) is 73.0. The van der Waals surface area contributed by atoms with Gasteiger partial charge in [-0.1, -0.05) is 375 Å². The second kappa shape index (κ2) is 72.6. The molecule has 3 N–H and O–H groups in total. The van der Waals surface area contributed by atoms with E-state index >= 15 is 0 Å². The predicted molar refractivity (Wildman–Crippen MR) is 409 cm³/mol. The highest BCUT2D eigenvalue weighted by Gasteiger charge is 2.30. The van der Waals surface area contributed by atoms with E-state index in [2.05, 4.69) is 41.5 Å². The maximum absolute atomic E-state index is 13.1. The standard InChI is InChI=1S/C81H158O17P2/c1-7-10-12-14-16-18-20-21-22-23-24-25-26-27-28-33-36-40-47-53-59-65-80(85)97-76(69-92-79(84)64-58-52-46-39-35-32-30-29-31-34-37-44-50-56-62-74(6)9-3)71-95-99(87,88)93-67-75(82)68-94-100(89,90)96-72-77(70-91-78(83)63-57-51-45-38-19-17-15-13-11-8-2)98-81(86)66-60-54-48-42-41-43-49-55-61-73(4)5/h73-77,82H,7-72H2,1-6H3,(H,87,88)(H,89,90)/t74?,75-,76-,77-/m1/s1. The molecule has 0 saturated heterocycles. The summed E-state index contributed by atoms with van der Waals surface area (Å²) in [4.78, 5) is 72.9. The number of ether oxygens (including phenoxy) is 4. The first kappa shape index (κ1) is 98.1. The van der Waals surface area contributed by atoms with Gasteiger partial charge in [0, 0.05) is 25.7 Å². The van der Waals surface area contributed by atoms with E-state index in [0.29, 0.717) is 25.7 Å². The molecule has 0 spiro atoms. The smallest absolute Gasteiger partial charge is 0.462 e. The summed E-state index contributed by atoms with van der Waals surface area (Å²) in [5.74, 6) is -0.543. The van der Waals surface area contributed by atoms with Crippen LogP contribution in [0.1, 0.15) is 427 Å². The molecule has 3 unspecified atom stereocenters. The van der Waals surface area contributed by atoms with Crippen LogP contribution in [0.15, 0.2) is 0 Å². The van der Waals surface area contributed by atoms with Crippen molar-refractivity contribution in [3.05, 3.63) is 0 Å². The molecular weight excluding hydrogens is 1310 g/mol. The van der Waals surface area contributed by atoms with Gasteiger partial charge < -0.3 is 33.8 Å². The summed E-state index contributed by atoms with van der Waals surface area (Å²) in [6, 6.07) is 0. The van der Waals surface area contributed by atoms with E-state index in [1.54, 1.807) is 0 Å². The Hall–Kier alpha value is -1.94. The number of hydrogen-bond donors (Lipinski definition) is 3. The summed E-state index contributed by atoms with van der Waals surface area (Å²) < 4.78 is 68.7. The Balaban J connectivity index is 5.20. The van der Waals surface area contributed by atoms with Gasteiger partial charge >= 0.3 is 39.5 Å². The lowest BCUT2D eigenvalue weighted by Gasteiger charge is -2.21. The molecule has 0 amide bonds. The largest absolute Gasteiger partial charge is 0.472 e. The molecule has 594 valence electrons. The zero-order valence-electron chi connectivity index (χ0n) is 65.5. The summed E-state index contributed by atoms with van der Waals surface area (Å²) in [5.41, 5.74) is 0. The average molecular weight is 1470 g/mol. The van der Waals surface area contributed by atoms with Crippen molar-refractivity contribution >= 4 is 39.5 Å². The average Bonchev–Trinajstić information content (AvgIpc) is 0.929. The minimum absolute atomic E-state index is 0.105. The first-order valence-electron chi connectivity index (χ1n) is 42.0. The molecule has 0 bridgehead atoms. The van der Waals surface area contributed by atoms with Crippen LogP contribution >= 0.6 is 15.6 Å². The first-order chi connectivity index (χ1) is 48.4. The van der Waals surface area contributed by atoms with Gasteiger partial charge in [-0.05, 0) is 37.5 Å². The lowest BCUT2D eigenvalue weighted by Crippen LogP contribution is -2.30. The highest BCUT2D eigenvalue weighted by atomic mass is 31.2. The van der Waals surface area contributed by atoms with Gasteiger partial charge in [0.25, 0.3) is 0 Å². The maximum Gasteiger partial charge on any atom is 0.472 e. The number of phosphoric acid groups is 2. The monoisotopic (exact) mass is 1470 g/mol. The number of rotatable bonds is 80. The molecule has 0 rings (SSSR count). The number of unbranched alkanes of at least 4 members (excludes halogenated alkanes) is 49. The van der Waals surface area contributed by atoms with E-state index in [9.17, 15) is 43.2 Å². The van der Waals surface area contributed by atoms with Gasteiger partial charge in [-0.15, -0.1) is 0 Å². The second-order valence-electron chi connectivity index (χ2n) is 29.9. The number of aliphatic hydroxyl groups excluding tert-OH is 1. The Labute approximate surface area is 613 Å². The number of hydrogen-bond acceptors (Lipinski definition) is 15. The van der Waals surface area contributed by atoms with Gasteiger partial charge in [0.15, 0.2) is 12.2 Å². The quantitative estimate of drug-likeness (QED) is 0.0222. The molecule has 0 heterocycles. The van der Waals surface area contributed by atoms with E-state index in [1.807, 2.05) is 0 Å². The van der Waals surface area contributed by atoms with Crippen LogP contribution in [-0.2, 0) is 65.4 Å². The molecule has 19 heteroatoms. The van der Waals surface area contributed by atoms with Crippen LogP contribution in [0.2, 0.25) is 0 Å². The zero-order chi connectivity index (χ0) is 73.5. The van der Waals surface area contributed by atoms with Crippen molar-refractivity contribution in [3.8, 4) is 0 Å². The highest BCUT2D eigenvalue weighted by Crippen LogP contribution is 2.45. The van der Waals surface area contributed by atoms with Crippen LogP contribution in [-0.4, -0.2) is 96.7 Å².